The lowest BCUT2D eigenvalue weighted by Crippen LogP contribution is -2.22. The molecule has 2 amide bonds. The van der Waals surface area contributed by atoms with Crippen LogP contribution in [0.25, 0.3) is 0 Å². The molecule has 0 saturated heterocycles. The average Bonchev–Trinajstić information content (AvgIpc) is 2.51. The Morgan fingerprint density at radius 3 is 2.27 bits per heavy atom. The zero-order chi connectivity index (χ0) is 15.9. The summed E-state index contributed by atoms with van der Waals surface area (Å²) < 4.78 is 0. The molecule has 0 fully saturated rings. The lowest BCUT2D eigenvalue weighted by Gasteiger charge is -2.21. The van der Waals surface area contributed by atoms with Crippen LogP contribution in [0.1, 0.15) is 13.8 Å². The van der Waals surface area contributed by atoms with Crippen LogP contribution in [0.5, 0.6) is 0 Å². The molecule has 2 rings (SSSR count). The monoisotopic (exact) mass is 317 g/mol. The Morgan fingerprint density at radius 2 is 1.64 bits per heavy atom. The normalized spacial score (nSPS) is 10.1. The molecule has 116 valence electrons. The largest absolute Gasteiger partial charge is 0.372 e. The van der Waals surface area contributed by atoms with Gasteiger partial charge >= 0.3 is 6.03 Å². The summed E-state index contributed by atoms with van der Waals surface area (Å²) in [6.07, 6.45) is 0. The molecule has 0 aliphatic rings. The summed E-state index contributed by atoms with van der Waals surface area (Å²) >= 11 is 5.82. The van der Waals surface area contributed by atoms with Crippen molar-refractivity contribution in [2.45, 2.75) is 13.8 Å². The molecule has 0 aliphatic carbocycles. The number of rotatable bonds is 5. The van der Waals surface area contributed by atoms with E-state index >= 15 is 0 Å². The van der Waals surface area contributed by atoms with E-state index in [1.807, 2.05) is 24.3 Å². The molecule has 0 atom stereocenters. The van der Waals surface area contributed by atoms with E-state index in [4.69, 9.17) is 11.6 Å². The minimum Gasteiger partial charge on any atom is -0.372 e. The number of carbonyl (C=O) groups excluding carboxylic acids is 1. The quantitative estimate of drug-likeness (QED) is 0.829. The number of carbonyl (C=O) groups is 1. The summed E-state index contributed by atoms with van der Waals surface area (Å²) in [4.78, 5) is 14.2. The molecular weight excluding hydrogens is 298 g/mol. The summed E-state index contributed by atoms with van der Waals surface area (Å²) in [5.41, 5.74) is 2.55. The Bertz CT molecular complexity index is 624. The van der Waals surface area contributed by atoms with E-state index in [1.54, 1.807) is 24.3 Å². The standard InChI is InChI=1S/C17H20ClN3O/c1-3-21(4-2)16-7-5-6-15(12-16)20-17(22)19-14-10-8-13(18)9-11-14/h5-12H,3-4H2,1-2H3,(H2,19,20,22). The third kappa shape index (κ3) is 4.40. The molecule has 2 aromatic carbocycles. The van der Waals surface area contributed by atoms with Crippen molar-refractivity contribution in [3.8, 4) is 0 Å². The van der Waals surface area contributed by atoms with Gasteiger partial charge in [-0.25, -0.2) is 4.79 Å². The number of nitrogens with one attached hydrogen (secondary N) is 2. The Labute approximate surface area is 136 Å². The van der Waals surface area contributed by atoms with Gasteiger partial charge in [0.1, 0.15) is 0 Å². The molecule has 0 unspecified atom stereocenters. The van der Waals surface area contributed by atoms with Crippen LogP contribution >= 0.6 is 11.6 Å². The van der Waals surface area contributed by atoms with E-state index in [-0.39, 0.29) is 6.03 Å². The highest BCUT2D eigenvalue weighted by molar-refractivity contribution is 6.30. The second kappa shape index (κ2) is 7.71. The molecule has 0 radical (unpaired) electrons. The summed E-state index contributed by atoms with van der Waals surface area (Å²) in [5, 5.41) is 6.25. The number of hydrogen-bond donors (Lipinski definition) is 2. The first-order valence-corrected chi connectivity index (χ1v) is 7.68. The maximum absolute atomic E-state index is 12.0. The molecule has 0 aromatic heterocycles. The van der Waals surface area contributed by atoms with Crippen LogP contribution in [0.4, 0.5) is 21.9 Å². The van der Waals surface area contributed by atoms with Crippen LogP contribution in [0.15, 0.2) is 48.5 Å². The lowest BCUT2D eigenvalue weighted by molar-refractivity contribution is 0.262. The molecule has 0 saturated carbocycles. The first kappa shape index (κ1) is 16.2. The highest BCUT2D eigenvalue weighted by Gasteiger charge is 2.06. The summed E-state index contributed by atoms with van der Waals surface area (Å²) in [6, 6.07) is 14.5. The smallest absolute Gasteiger partial charge is 0.323 e. The molecule has 0 bridgehead atoms. The van der Waals surface area contributed by atoms with Crippen molar-refractivity contribution in [2.24, 2.45) is 0 Å². The van der Waals surface area contributed by atoms with E-state index in [0.717, 1.165) is 24.5 Å². The number of amides is 2. The van der Waals surface area contributed by atoms with Crippen molar-refractivity contribution < 1.29 is 4.79 Å². The van der Waals surface area contributed by atoms with Crippen molar-refractivity contribution in [3.63, 3.8) is 0 Å². The number of nitrogens with zero attached hydrogens (tertiary/aromatic N) is 1. The fourth-order valence-corrected chi connectivity index (χ4v) is 2.32. The first-order valence-electron chi connectivity index (χ1n) is 7.31. The number of halogens is 1. The van der Waals surface area contributed by atoms with Gasteiger partial charge in [0.25, 0.3) is 0 Å². The zero-order valence-electron chi connectivity index (χ0n) is 12.8. The zero-order valence-corrected chi connectivity index (χ0v) is 13.5. The van der Waals surface area contributed by atoms with Crippen molar-refractivity contribution in [2.75, 3.05) is 28.6 Å². The first-order chi connectivity index (χ1) is 10.6. The SMILES string of the molecule is CCN(CC)c1cccc(NC(=O)Nc2ccc(Cl)cc2)c1. The fourth-order valence-electron chi connectivity index (χ4n) is 2.20. The van der Waals surface area contributed by atoms with Gasteiger partial charge in [-0.15, -0.1) is 0 Å². The van der Waals surface area contributed by atoms with Crippen LogP contribution in [-0.2, 0) is 0 Å². The lowest BCUT2D eigenvalue weighted by atomic mass is 10.2. The number of benzene rings is 2. The maximum atomic E-state index is 12.0. The van der Waals surface area contributed by atoms with E-state index in [9.17, 15) is 4.79 Å². The Kier molecular flexibility index (Phi) is 5.67. The van der Waals surface area contributed by atoms with Crippen molar-refractivity contribution in [3.05, 3.63) is 53.6 Å². The molecule has 4 nitrogen and oxygen atoms in total. The van der Waals surface area contributed by atoms with Crippen LogP contribution < -0.4 is 15.5 Å². The Hall–Kier alpha value is -2.20. The van der Waals surface area contributed by atoms with Gasteiger partial charge in [-0.2, -0.15) is 0 Å². The number of hydrogen-bond acceptors (Lipinski definition) is 2. The Morgan fingerprint density at radius 1 is 1.00 bits per heavy atom. The van der Waals surface area contributed by atoms with E-state index in [2.05, 4.69) is 29.4 Å². The topological polar surface area (TPSA) is 44.4 Å². The van der Waals surface area contributed by atoms with Crippen LogP contribution in [0, 0.1) is 0 Å². The Balaban J connectivity index is 2.02. The second-order valence-electron chi connectivity index (χ2n) is 4.81. The predicted molar refractivity (Wildman–Crippen MR) is 94.1 cm³/mol. The van der Waals surface area contributed by atoms with E-state index in [0.29, 0.717) is 10.7 Å². The van der Waals surface area contributed by atoms with Crippen LogP contribution in [0.2, 0.25) is 5.02 Å². The molecule has 2 N–H and O–H groups in total. The minimum absolute atomic E-state index is 0.279. The highest BCUT2D eigenvalue weighted by atomic mass is 35.5. The second-order valence-corrected chi connectivity index (χ2v) is 5.25. The summed E-state index contributed by atoms with van der Waals surface area (Å²) in [6.45, 7) is 6.07. The van der Waals surface area contributed by atoms with Gasteiger partial charge in [0.05, 0.1) is 0 Å². The average molecular weight is 318 g/mol. The van der Waals surface area contributed by atoms with E-state index in [1.165, 1.54) is 0 Å². The van der Waals surface area contributed by atoms with Crippen molar-refractivity contribution in [1.82, 2.24) is 0 Å². The van der Waals surface area contributed by atoms with Gasteiger partial charge in [0.15, 0.2) is 0 Å². The molecular formula is C17H20ClN3O. The summed E-state index contributed by atoms with van der Waals surface area (Å²) in [7, 11) is 0. The molecule has 22 heavy (non-hydrogen) atoms. The third-order valence-electron chi connectivity index (χ3n) is 3.33. The molecule has 5 heteroatoms. The van der Waals surface area contributed by atoms with Gasteiger partial charge in [0, 0.05) is 35.2 Å². The van der Waals surface area contributed by atoms with E-state index < -0.39 is 0 Å². The van der Waals surface area contributed by atoms with Crippen molar-refractivity contribution >= 4 is 34.7 Å². The van der Waals surface area contributed by atoms with Crippen LogP contribution in [-0.4, -0.2) is 19.1 Å². The van der Waals surface area contributed by atoms with Gasteiger partial charge < -0.3 is 15.5 Å². The number of urea groups is 1. The number of anilines is 3. The fraction of sp³-hybridized carbons (Fsp3) is 0.235. The van der Waals surface area contributed by atoms with Crippen LogP contribution in [0.3, 0.4) is 0 Å². The van der Waals surface area contributed by atoms with Gasteiger partial charge in [-0.05, 0) is 56.3 Å². The molecule has 0 spiro atoms. The molecule has 2 aromatic rings. The maximum Gasteiger partial charge on any atom is 0.323 e. The van der Waals surface area contributed by atoms with Gasteiger partial charge in [-0.3, -0.25) is 0 Å². The third-order valence-corrected chi connectivity index (χ3v) is 3.59. The van der Waals surface area contributed by atoms with Crippen molar-refractivity contribution in [1.29, 1.82) is 0 Å². The van der Waals surface area contributed by atoms with Gasteiger partial charge in [-0.1, -0.05) is 17.7 Å². The predicted octanol–water partition coefficient (Wildman–Crippen LogP) is 4.83. The molecule has 0 aliphatic heterocycles. The molecule has 0 heterocycles. The summed E-state index contributed by atoms with van der Waals surface area (Å²) in [5.74, 6) is 0. The van der Waals surface area contributed by atoms with Gasteiger partial charge in [0.2, 0.25) is 0 Å². The highest BCUT2D eigenvalue weighted by Crippen LogP contribution is 2.20. The minimum atomic E-state index is -0.279.